The summed E-state index contributed by atoms with van der Waals surface area (Å²) in [7, 11) is 0. The zero-order valence-electron chi connectivity index (χ0n) is 6.20. The fraction of sp³-hybridized carbons (Fsp3) is 0.125. The first-order valence-corrected chi connectivity index (χ1v) is 3.73. The van der Waals surface area contributed by atoms with Crippen LogP contribution < -0.4 is 5.73 Å². The van der Waals surface area contributed by atoms with E-state index in [0.29, 0.717) is 10.6 Å². The van der Waals surface area contributed by atoms with Crippen LogP contribution in [-0.2, 0) is 4.79 Å². The lowest BCUT2D eigenvalue weighted by molar-refractivity contribution is -0.138. The first kappa shape index (κ1) is 9.03. The molecule has 12 heavy (non-hydrogen) atoms. The summed E-state index contributed by atoms with van der Waals surface area (Å²) in [5, 5.41) is 9.05. The Kier molecular flexibility index (Phi) is 2.68. The topological polar surface area (TPSA) is 63.3 Å². The molecule has 1 aromatic rings. The number of nitrogens with two attached hydrogens (primary N) is 1. The second-order valence-electron chi connectivity index (χ2n) is 2.37. The lowest BCUT2D eigenvalue weighted by Gasteiger charge is -2.05. The molecular weight excluding hydrogens is 178 g/mol. The highest BCUT2D eigenvalue weighted by Gasteiger charge is 2.13. The quantitative estimate of drug-likeness (QED) is 0.733. The maximum absolute atomic E-state index is 10.4. The van der Waals surface area contributed by atoms with Crippen LogP contribution in [0.3, 0.4) is 0 Å². The molecule has 0 radical (unpaired) electrons. The Hall–Kier alpha value is -1.06. The summed E-state index contributed by atoms with van der Waals surface area (Å²) >= 11 is 5.65. The van der Waals surface area contributed by atoms with Crippen molar-refractivity contribution in [2.24, 2.45) is 5.73 Å². The predicted octanol–water partition coefficient (Wildman–Crippen LogP) is 1.42. The first-order chi connectivity index (χ1) is 5.61. The van der Waals surface area contributed by atoms with Crippen molar-refractivity contribution in [1.82, 2.24) is 0 Å². The Morgan fingerprint density at radius 1 is 1.58 bits per heavy atom. The molecule has 3 nitrogen and oxygen atoms in total. The van der Waals surface area contributed by atoms with Gasteiger partial charge in [-0.25, -0.2) is 0 Å². The second-order valence-corrected chi connectivity index (χ2v) is 2.81. The van der Waals surface area contributed by atoms with Gasteiger partial charge in [0, 0.05) is 5.02 Å². The SMILES string of the molecule is N[C@H](C(=O)O)c1cccc(Cl)c1. The van der Waals surface area contributed by atoms with Crippen LogP contribution in [-0.4, -0.2) is 11.1 Å². The van der Waals surface area contributed by atoms with E-state index in [4.69, 9.17) is 22.4 Å². The second kappa shape index (κ2) is 3.56. The van der Waals surface area contributed by atoms with E-state index in [0.717, 1.165) is 0 Å². The fourth-order valence-corrected chi connectivity index (χ4v) is 1.04. The van der Waals surface area contributed by atoms with Crippen molar-refractivity contribution in [1.29, 1.82) is 0 Å². The molecule has 0 fully saturated rings. The molecule has 3 N–H and O–H groups in total. The molecule has 0 aromatic heterocycles. The molecule has 1 atom stereocenters. The van der Waals surface area contributed by atoms with Gasteiger partial charge in [-0.2, -0.15) is 0 Å². The average molecular weight is 186 g/mol. The smallest absolute Gasteiger partial charge is 0.325 e. The van der Waals surface area contributed by atoms with Crippen molar-refractivity contribution >= 4 is 17.6 Å². The van der Waals surface area contributed by atoms with Gasteiger partial charge in [0.05, 0.1) is 0 Å². The summed E-state index contributed by atoms with van der Waals surface area (Å²) in [5.74, 6) is -1.06. The third-order valence-corrected chi connectivity index (χ3v) is 1.71. The number of rotatable bonds is 2. The number of carbonyl (C=O) groups is 1. The molecule has 1 aromatic carbocycles. The van der Waals surface area contributed by atoms with E-state index < -0.39 is 12.0 Å². The number of benzene rings is 1. The van der Waals surface area contributed by atoms with E-state index in [1.54, 1.807) is 24.3 Å². The minimum atomic E-state index is -1.06. The highest BCUT2D eigenvalue weighted by Crippen LogP contribution is 2.15. The molecule has 0 unspecified atom stereocenters. The molecule has 0 heterocycles. The third kappa shape index (κ3) is 1.96. The molecular formula is C8H8ClNO2. The molecule has 4 heteroatoms. The van der Waals surface area contributed by atoms with Crippen molar-refractivity contribution in [3.8, 4) is 0 Å². The Morgan fingerprint density at radius 3 is 2.75 bits per heavy atom. The predicted molar refractivity (Wildman–Crippen MR) is 46.0 cm³/mol. The van der Waals surface area contributed by atoms with Crippen molar-refractivity contribution in [2.75, 3.05) is 0 Å². The van der Waals surface area contributed by atoms with Crippen molar-refractivity contribution in [3.63, 3.8) is 0 Å². The molecule has 1 rings (SSSR count). The largest absolute Gasteiger partial charge is 0.480 e. The number of carboxylic acid groups (broad SMARTS) is 1. The van der Waals surface area contributed by atoms with Gasteiger partial charge in [0.25, 0.3) is 0 Å². The van der Waals surface area contributed by atoms with Crippen LogP contribution in [0.15, 0.2) is 24.3 Å². The maximum atomic E-state index is 10.4. The molecule has 64 valence electrons. The van der Waals surface area contributed by atoms with Gasteiger partial charge in [-0.15, -0.1) is 0 Å². The zero-order chi connectivity index (χ0) is 9.14. The molecule has 0 saturated carbocycles. The number of hydrogen-bond donors (Lipinski definition) is 2. The average Bonchev–Trinajstić information content (AvgIpc) is 2.03. The Balaban J connectivity index is 2.95. The van der Waals surface area contributed by atoms with E-state index in [1.165, 1.54) is 0 Å². The summed E-state index contributed by atoms with van der Waals surface area (Å²) in [6.07, 6.45) is 0. The van der Waals surface area contributed by atoms with Gasteiger partial charge in [0.1, 0.15) is 6.04 Å². The van der Waals surface area contributed by atoms with E-state index >= 15 is 0 Å². The number of carboxylic acids is 1. The first-order valence-electron chi connectivity index (χ1n) is 3.35. The normalized spacial score (nSPS) is 12.5. The Morgan fingerprint density at radius 2 is 2.25 bits per heavy atom. The number of hydrogen-bond acceptors (Lipinski definition) is 2. The van der Waals surface area contributed by atoms with Crippen LogP contribution in [0.4, 0.5) is 0 Å². The van der Waals surface area contributed by atoms with Gasteiger partial charge >= 0.3 is 5.97 Å². The highest BCUT2D eigenvalue weighted by molar-refractivity contribution is 6.30. The van der Waals surface area contributed by atoms with Crippen LogP contribution in [0.1, 0.15) is 11.6 Å². The van der Waals surface area contributed by atoms with Crippen LogP contribution in [0.5, 0.6) is 0 Å². The molecule has 0 aliphatic rings. The molecule has 0 aliphatic carbocycles. The van der Waals surface area contributed by atoms with E-state index in [2.05, 4.69) is 0 Å². The molecule has 0 amide bonds. The molecule has 0 spiro atoms. The van der Waals surface area contributed by atoms with E-state index in [9.17, 15) is 4.79 Å². The van der Waals surface area contributed by atoms with Crippen molar-refractivity contribution in [3.05, 3.63) is 34.9 Å². The summed E-state index contributed by atoms with van der Waals surface area (Å²) in [6.45, 7) is 0. The van der Waals surface area contributed by atoms with Gasteiger partial charge in [-0.1, -0.05) is 23.7 Å². The summed E-state index contributed by atoms with van der Waals surface area (Å²) in [6, 6.07) is 5.51. The van der Waals surface area contributed by atoms with Crippen LogP contribution in [0.25, 0.3) is 0 Å². The van der Waals surface area contributed by atoms with Gasteiger partial charge in [0.2, 0.25) is 0 Å². The number of halogens is 1. The highest BCUT2D eigenvalue weighted by atomic mass is 35.5. The molecule has 0 aliphatic heterocycles. The van der Waals surface area contributed by atoms with Crippen LogP contribution in [0.2, 0.25) is 5.02 Å². The van der Waals surface area contributed by atoms with E-state index in [1.807, 2.05) is 0 Å². The van der Waals surface area contributed by atoms with Crippen LogP contribution in [0, 0.1) is 0 Å². The van der Waals surface area contributed by atoms with Crippen LogP contribution >= 0.6 is 11.6 Å². The Bertz CT molecular complexity index is 301. The number of aliphatic carboxylic acids is 1. The third-order valence-electron chi connectivity index (χ3n) is 1.47. The van der Waals surface area contributed by atoms with Crippen molar-refractivity contribution < 1.29 is 9.90 Å². The summed E-state index contributed by atoms with van der Waals surface area (Å²) < 4.78 is 0. The van der Waals surface area contributed by atoms with Gasteiger partial charge in [-0.05, 0) is 17.7 Å². The van der Waals surface area contributed by atoms with E-state index in [-0.39, 0.29) is 0 Å². The van der Waals surface area contributed by atoms with Crippen molar-refractivity contribution in [2.45, 2.75) is 6.04 Å². The Labute approximate surface area is 74.8 Å². The van der Waals surface area contributed by atoms with Gasteiger partial charge < -0.3 is 10.8 Å². The summed E-state index contributed by atoms with van der Waals surface area (Å²) in [5.41, 5.74) is 5.86. The lowest BCUT2D eigenvalue weighted by Crippen LogP contribution is -2.20. The molecule has 0 saturated heterocycles. The monoisotopic (exact) mass is 185 g/mol. The fourth-order valence-electron chi connectivity index (χ4n) is 0.843. The lowest BCUT2D eigenvalue weighted by atomic mass is 10.1. The summed E-state index contributed by atoms with van der Waals surface area (Å²) in [4.78, 5) is 10.4. The standard InChI is InChI=1S/C8H8ClNO2/c9-6-3-1-2-5(4-6)7(10)8(11)12/h1-4,7H,10H2,(H,11,12)/t7-/m0/s1. The van der Waals surface area contributed by atoms with Gasteiger partial charge in [-0.3, -0.25) is 4.79 Å². The van der Waals surface area contributed by atoms with Gasteiger partial charge in [0.15, 0.2) is 0 Å². The molecule has 0 bridgehead atoms. The maximum Gasteiger partial charge on any atom is 0.325 e. The minimum absolute atomic E-state index is 0.490. The zero-order valence-corrected chi connectivity index (χ0v) is 6.95. The minimum Gasteiger partial charge on any atom is -0.480 e.